The zero-order valence-electron chi connectivity index (χ0n) is 10.5. The monoisotopic (exact) mass is 254 g/mol. The van der Waals surface area contributed by atoms with Gasteiger partial charge in [-0.25, -0.2) is 4.79 Å². The zero-order chi connectivity index (χ0) is 13.7. The molecule has 0 bridgehead atoms. The maximum atomic E-state index is 10.7. The lowest BCUT2D eigenvalue weighted by Gasteiger charge is -2.08. The van der Waals surface area contributed by atoms with E-state index >= 15 is 0 Å². The summed E-state index contributed by atoms with van der Waals surface area (Å²) < 4.78 is 5.47. The van der Waals surface area contributed by atoms with Crippen molar-refractivity contribution in [2.24, 2.45) is 0 Å². The van der Waals surface area contributed by atoms with Gasteiger partial charge < -0.3 is 9.84 Å². The van der Waals surface area contributed by atoms with Gasteiger partial charge >= 0.3 is 5.97 Å². The van der Waals surface area contributed by atoms with Crippen LogP contribution in [0.1, 0.15) is 6.92 Å². The van der Waals surface area contributed by atoms with Gasteiger partial charge in [0.05, 0.1) is 5.57 Å². The first-order chi connectivity index (χ1) is 9.18. The Hall–Kier alpha value is -2.55. The highest BCUT2D eigenvalue weighted by Gasteiger charge is 2.05. The lowest BCUT2D eigenvalue weighted by Crippen LogP contribution is -1.98. The van der Waals surface area contributed by atoms with Gasteiger partial charge in [0.2, 0.25) is 0 Å². The number of ether oxygens (including phenoxy) is 1. The average molecular weight is 254 g/mol. The van der Waals surface area contributed by atoms with Crippen molar-refractivity contribution in [3.05, 3.63) is 66.4 Å². The van der Waals surface area contributed by atoms with Gasteiger partial charge in [-0.1, -0.05) is 48.5 Å². The third kappa shape index (κ3) is 3.22. The van der Waals surface area contributed by atoms with E-state index in [0.29, 0.717) is 5.75 Å². The van der Waals surface area contributed by atoms with Gasteiger partial charge in [-0.05, 0) is 18.6 Å². The van der Waals surface area contributed by atoms with Crippen molar-refractivity contribution in [3.8, 4) is 16.9 Å². The number of aliphatic carboxylic acids is 1. The topological polar surface area (TPSA) is 46.5 Å². The van der Waals surface area contributed by atoms with Crippen LogP contribution < -0.4 is 4.74 Å². The summed E-state index contributed by atoms with van der Waals surface area (Å²) in [6.45, 7) is 1.49. The lowest BCUT2D eigenvalue weighted by molar-refractivity contribution is -0.132. The first-order valence-corrected chi connectivity index (χ1v) is 5.89. The van der Waals surface area contributed by atoms with E-state index in [9.17, 15) is 4.79 Å². The molecule has 0 aromatic heterocycles. The van der Waals surface area contributed by atoms with Crippen LogP contribution in [-0.2, 0) is 4.79 Å². The minimum absolute atomic E-state index is 0.155. The second-order valence-electron chi connectivity index (χ2n) is 4.09. The van der Waals surface area contributed by atoms with Crippen LogP contribution in [0.5, 0.6) is 5.75 Å². The minimum atomic E-state index is -0.989. The molecule has 0 atom stereocenters. The number of carbonyl (C=O) groups is 1. The molecule has 0 aliphatic carbocycles. The standard InChI is InChI=1S/C16H14O3/c1-12(16(17)18)11-19-15-10-6-5-9-14(15)13-7-3-2-4-8-13/h2-11H,1H3,(H,17,18). The van der Waals surface area contributed by atoms with E-state index in [-0.39, 0.29) is 5.57 Å². The Morgan fingerprint density at radius 1 is 1.05 bits per heavy atom. The Bertz CT molecular complexity index is 600. The highest BCUT2D eigenvalue weighted by Crippen LogP contribution is 2.29. The predicted octanol–water partition coefficient (Wildman–Crippen LogP) is 3.72. The van der Waals surface area contributed by atoms with E-state index in [2.05, 4.69) is 0 Å². The number of hydrogen-bond donors (Lipinski definition) is 1. The number of carboxylic acid groups (broad SMARTS) is 1. The van der Waals surface area contributed by atoms with Crippen molar-refractivity contribution < 1.29 is 14.6 Å². The van der Waals surface area contributed by atoms with Crippen LogP contribution in [0.4, 0.5) is 0 Å². The summed E-state index contributed by atoms with van der Waals surface area (Å²) in [6.07, 6.45) is 1.25. The highest BCUT2D eigenvalue weighted by atomic mass is 16.5. The lowest BCUT2D eigenvalue weighted by atomic mass is 10.1. The summed E-state index contributed by atoms with van der Waals surface area (Å²) in [4.78, 5) is 10.7. The molecule has 3 heteroatoms. The molecule has 0 saturated heterocycles. The van der Waals surface area contributed by atoms with Crippen LogP contribution in [0.15, 0.2) is 66.4 Å². The first-order valence-electron chi connectivity index (χ1n) is 5.89. The summed E-state index contributed by atoms with van der Waals surface area (Å²) >= 11 is 0. The van der Waals surface area contributed by atoms with Crippen molar-refractivity contribution in [2.45, 2.75) is 6.92 Å². The number of para-hydroxylation sites is 1. The number of carboxylic acids is 1. The van der Waals surface area contributed by atoms with Gasteiger partial charge in [0, 0.05) is 5.56 Å². The second-order valence-corrected chi connectivity index (χ2v) is 4.09. The van der Waals surface area contributed by atoms with E-state index in [1.807, 2.05) is 54.6 Å². The van der Waals surface area contributed by atoms with Gasteiger partial charge in [-0.2, -0.15) is 0 Å². The van der Waals surface area contributed by atoms with Gasteiger partial charge in [-0.3, -0.25) is 0 Å². The molecular weight excluding hydrogens is 240 g/mol. The Morgan fingerprint density at radius 3 is 2.37 bits per heavy atom. The SMILES string of the molecule is CC(=COc1ccccc1-c1ccccc1)C(=O)O. The summed E-state index contributed by atoms with van der Waals surface area (Å²) in [5.74, 6) is -0.355. The maximum Gasteiger partial charge on any atom is 0.334 e. The smallest absolute Gasteiger partial charge is 0.334 e. The largest absolute Gasteiger partial charge is 0.478 e. The molecule has 2 rings (SSSR count). The van der Waals surface area contributed by atoms with E-state index < -0.39 is 5.97 Å². The fraction of sp³-hybridized carbons (Fsp3) is 0.0625. The van der Waals surface area contributed by atoms with Gasteiger partial charge in [-0.15, -0.1) is 0 Å². The fourth-order valence-electron chi connectivity index (χ4n) is 1.63. The minimum Gasteiger partial charge on any atom is -0.478 e. The third-order valence-electron chi connectivity index (χ3n) is 2.67. The Balaban J connectivity index is 2.32. The summed E-state index contributed by atoms with van der Waals surface area (Å²) in [7, 11) is 0. The van der Waals surface area contributed by atoms with Crippen molar-refractivity contribution in [1.82, 2.24) is 0 Å². The van der Waals surface area contributed by atoms with E-state index in [1.165, 1.54) is 13.2 Å². The predicted molar refractivity (Wildman–Crippen MR) is 73.9 cm³/mol. The first kappa shape index (κ1) is 12.9. The van der Waals surface area contributed by atoms with E-state index in [1.54, 1.807) is 0 Å². The molecule has 0 aliphatic rings. The number of hydrogen-bond acceptors (Lipinski definition) is 2. The average Bonchev–Trinajstić information content (AvgIpc) is 2.46. The van der Waals surface area contributed by atoms with Crippen molar-refractivity contribution in [1.29, 1.82) is 0 Å². The molecule has 3 nitrogen and oxygen atoms in total. The van der Waals surface area contributed by atoms with Crippen LogP contribution in [0.3, 0.4) is 0 Å². The number of benzene rings is 2. The van der Waals surface area contributed by atoms with Crippen LogP contribution >= 0.6 is 0 Å². The molecule has 0 radical (unpaired) electrons. The summed E-state index contributed by atoms with van der Waals surface area (Å²) in [5.41, 5.74) is 2.11. The molecule has 2 aromatic carbocycles. The Labute approximate surface area is 111 Å². The maximum absolute atomic E-state index is 10.7. The quantitative estimate of drug-likeness (QED) is 0.668. The van der Waals surface area contributed by atoms with E-state index in [4.69, 9.17) is 9.84 Å². The van der Waals surface area contributed by atoms with Gasteiger partial charge in [0.1, 0.15) is 12.0 Å². The molecule has 19 heavy (non-hydrogen) atoms. The van der Waals surface area contributed by atoms with Crippen LogP contribution in [0.25, 0.3) is 11.1 Å². The third-order valence-corrected chi connectivity index (χ3v) is 2.67. The Morgan fingerprint density at radius 2 is 1.68 bits per heavy atom. The van der Waals surface area contributed by atoms with Crippen LogP contribution in [0, 0.1) is 0 Å². The number of rotatable bonds is 4. The molecule has 2 aromatic rings. The molecule has 0 amide bonds. The summed E-state index contributed by atoms with van der Waals surface area (Å²) in [5, 5.41) is 8.80. The second kappa shape index (κ2) is 5.87. The molecule has 0 aliphatic heterocycles. The van der Waals surface area contributed by atoms with Crippen molar-refractivity contribution >= 4 is 5.97 Å². The van der Waals surface area contributed by atoms with Crippen molar-refractivity contribution in [2.75, 3.05) is 0 Å². The van der Waals surface area contributed by atoms with E-state index in [0.717, 1.165) is 11.1 Å². The Kier molecular flexibility index (Phi) is 3.98. The van der Waals surface area contributed by atoms with Crippen molar-refractivity contribution in [3.63, 3.8) is 0 Å². The zero-order valence-corrected chi connectivity index (χ0v) is 10.5. The molecule has 0 heterocycles. The normalized spacial score (nSPS) is 11.1. The molecule has 96 valence electrons. The fourth-order valence-corrected chi connectivity index (χ4v) is 1.63. The van der Waals surface area contributed by atoms with Crippen LogP contribution in [-0.4, -0.2) is 11.1 Å². The van der Waals surface area contributed by atoms with Gasteiger partial charge in [0.15, 0.2) is 0 Å². The summed E-state index contributed by atoms with van der Waals surface area (Å²) in [6, 6.07) is 17.3. The highest BCUT2D eigenvalue weighted by molar-refractivity contribution is 5.85. The van der Waals surface area contributed by atoms with Crippen LogP contribution in [0.2, 0.25) is 0 Å². The molecular formula is C16H14O3. The molecule has 1 N–H and O–H groups in total. The van der Waals surface area contributed by atoms with Gasteiger partial charge in [0.25, 0.3) is 0 Å². The molecule has 0 spiro atoms. The molecule has 0 fully saturated rings. The molecule has 0 unspecified atom stereocenters. The molecule has 0 saturated carbocycles.